The highest BCUT2D eigenvalue weighted by Crippen LogP contribution is 2.26. The molecule has 0 aliphatic carbocycles. The zero-order chi connectivity index (χ0) is 11.3. The average molecular weight is 205 g/mol. The second-order valence-electron chi connectivity index (χ2n) is 4.06. The van der Waals surface area contributed by atoms with Crippen LogP contribution in [0.2, 0.25) is 0 Å². The molecule has 1 rings (SSSR count). The first-order valence-corrected chi connectivity index (χ1v) is 4.87. The predicted molar refractivity (Wildman–Crippen MR) is 57.6 cm³/mol. The first kappa shape index (κ1) is 11.4. The highest BCUT2D eigenvalue weighted by molar-refractivity contribution is 5.37. The number of rotatable bonds is 4. The summed E-state index contributed by atoms with van der Waals surface area (Å²) in [5.41, 5.74) is -0.385. The van der Waals surface area contributed by atoms with Gasteiger partial charge in [0.15, 0.2) is 11.5 Å². The number of nitrogens with zero attached hydrogens (tertiary/aromatic N) is 1. The third-order valence-electron chi connectivity index (χ3n) is 2.15. The summed E-state index contributed by atoms with van der Waals surface area (Å²) in [6.07, 6.45) is 0.637. The van der Waals surface area contributed by atoms with Crippen LogP contribution in [0, 0.1) is 16.7 Å². The molecule has 0 saturated heterocycles. The lowest BCUT2D eigenvalue weighted by Gasteiger charge is -2.15. The molecule has 0 radical (unpaired) electrons. The van der Waals surface area contributed by atoms with E-state index in [0.29, 0.717) is 18.8 Å². The molecule has 3 heteroatoms. The Hall–Kier alpha value is -1.69. The molecule has 0 amide bonds. The smallest absolute Gasteiger partial charge is 0.160 e. The SMILES string of the molecule is CC(C)(C#N)CCOc1ccccc1O. The second kappa shape index (κ2) is 4.70. The molecule has 1 N–H and O–H groups in total. The van der Waals surface area contributed by atoms with Crippen molar-refractivity contribution in [3.8, 4) is 17.6 Å². The molecule has 80 valence electrons. The Kier molecular flexibility index (Phi) is 3.56. The predicted octanol–water partition coefficient (Wildman–Crippen LogP) is 2.71. The highest BCUT2D eigenvalue weighted by atomic mass is 16.5. The van der Waals surface area contributed by atoms with Crippen molar-refractivity contribution in [2.45, 2.75) is 20.3 Å². The average Bonchev–Trinajstić information content (AvgIpc) is 2.21. The molecule has 0 saturated carbocycles. The van der Waals surface area contributed by atoms with Crippen molar-refractivity contribution >= 4 is 0 Å². The van der Waals surface area contributed by atoms with Crippen molar-refractivity contribution in [3.63, 3.8) is 0 Å². The van der Waals surface area contributed by atoms with E-state index in [9.17, 15) is 5.11 Å². The molecule has 0 aliphatic rings. The minimum absolute atomic E-state index is 0.132. The van der Waals surface area contributed by atoms with Crippen LogP contribution in [-0.4, -0.2) is 11.7 Å². The zero-order valence-electron chi connectivity index (χ0n) is 9.03. The summed E-state index contributed by atoms with van der Waals surface area (Å²) in [5.74, 6) is 0.596. The summed E-state index contributed by atoms with van der Waals surface area (Å²) in [6.45, 7) is 4.15. The van der Waals surface area contributed by atoms with Crippen molar-refractivity contribution in [1.29, 1.82) is 5.26 Å². The normalized spacial score (nSPS) is 10.7. The van der Waals surface area contributed by atoms with Gasteiger partial charge in [0.1, 0.15) is 0 Å². The Morgan fingerprint density at radius 3 is 2.67 bits per heavy atom. The van der Waals surface area contributed by atoms with Gasteiger partial charge in [0, 0.05) is 0 Å². The maximum absolute atomic E-state index is 9.41. The number of phenols is 1. The Bertz CT molecular complexity index is 366. The molecular formula is C12H15NO2. The molecule has 0 heterocycles. The molecule has 0 bridgehead atoms. The van der Waals surface area contributed by atoms with E-state index < -0.39 is 0 Å². The molecular weight excluding hydrogens is 190 g/mol. The summed E-state index contributed by atoms with van der Waals surface area (Å²) in [7, 11) is 0. The van der Waals surface area contributed by atoms with Crippen LogP contribution in [0.4, 0.5) is 0 Å². The maximum atomic E-state index is 9.41. The topological polar surface area (TPSA) is 53.2 Å². The van der Waals surface area contributed by atoms with Crippen LogP contribution in [0.1, 0.15) is 20.3 Å². The van der Waals surface area contributed by atoms with E-state index in [1.165, 1.54) is 0 Å². The van der Waals surface area contributed by atoms with E-state index in [-0.39, 0.29) is 11.2 Å². The summed E-state index contributed by atoms with van der Waals surface area (Å²) in [5, 5.41) is 18.2. The van der Waals surface area contributed by atoms with E-state index in [2.05, 4.69) is 6.07 Å². The van der Waals surface area contributed by atoms with Crippen LogP contribution in [0.25, 0.3) is 0 Å². The van der Waals surface area contributed by atoms with Gasteiger partial charge in [0.05, 0.1) is 18.1 Å². The van der Waals surface area contributed by atoms with Gasteiger partial charge in [-0.2, -0.15) is 5.26 Å². The monoisotopic (exact) mass is 205 g/mol. The Balaban J connectivity index is 2.46. The van der Waals surface area contributed by atoms with Gasteiger partial charge in [-0.1, -0.05) is 12.1 Å². The fraction of sp³-hybridized carbons (Fsp3) is 0.417. The lowest BCUT2D eigenvalue weighted by atomic mass is 9.92. The van der Waals surface area contributed by atoms with Gasteiger partial charge in [-0.3, -0.25) is 0 Å². The fourth-order valence-corrected chi connectivity index (χ4v) is 1.05. The van der Waals surface area contributed by atoms with Gasteiger partial charge >= 0.3 is 0 Å². The molecule has 1 aromatic carbocycles. The Morgan fingerprint density at radius 2 is 2.07 bits per heavy atom. The minimum Gasteiger partial charge on any atom is -0.504 e. The lowest BCUT2D eigenvalue weighted by Crippen LogP contribution is -2.13. The third kappa shape index (κ3) is 3.51. The number of phenolic OH excluding ortho intramolecular Hbond substituents is 1. The number of aromatic hydroxyl groups is 1. The van der Waals surface area contributed by atoms with Gasteiger partial charge in [0.25, 0.3) is 0 Å². The van der Waals surface area contributed by atoms with Gasteiger partial charge in [-0.15, -0.1) is 0 Å². The van der Waals surface area contributed by atoms with Crippen molar-refractivity contribution in [2.75, 3.05) is 6.61 Å². The number of benzene rings is 1. The number of ether oxygens (including phenoxy) is 1. The van der Waals surface area contributed by atoms with Crippen LogP contribution in [0.5, 0.6) is 11.5 Å². The highest BCUT2D eigenvalue weighted by Gasteiger charge is 2.16. The molecule has 1 aromatic rings. The second-order valence-corrected chi connectivity index (χ2v) is 4.06. The number of hydrogen-bond donors (Lipinski definition) is 1. The summed E-state index contributed by atoms with van der Waals surface area (Å²) in [6, 6.07) is 9.01. The first-order valence-electron chi connectivity index (χ1n) is 4.87. The van der Waals surface area contributed by atoms with Crippen LogP contribution in [-0.2, 0) is 0 Å². The van der Waals surface area contributed by atoms with Crippen LogP contribution < -0.4 is 4.74 Å². The molecule has 0 unspecified atom stereocenters. The largest absolute Gasteiger partial charge is 0.504 e. The third-order valence-corrected chi connectivity index (χ3v) is 2.15. The maximum Gasteiger partial charge on any atom is 0.160 e. The first-order chi connectivity index (χ1) is 7.05. The standard InChI is InChI=1S/C12H15NO2/c1-12(2,9-13)7-8-15-11-6-4-3-5-10(11)14/h3-6,14H,7-8H2,1-2H3. The van der Waals surface area contributed by atoms with Crippen LogP contribution in [0.15, 0.2) is 24.3 Å². The minimum atomic E-state index is -0.385. The molecule has 0 spiro atoms. The zero-order valence-corrected chi connectivity index (χ0v) is 9.03. The van der Waals surface area contributed by atoms with Crippen molar-refractivity contribution in [3.05, 3.63) is 24.3 Å². The van der Waals surface area contributed by atoms with Gasteiger partial charge < -0.3 is 9.84 Å². The van der Waals surface area contributed by atoms with Gasteiger partial charge in [0.2, 0.25) is 0 Å². The van der Waals surface area contributed by atoms with Crippen molar-refractivity contribution in [1.82, 2.24) is 0 Å². The summed E-state index contributed by atoms with van der Waals surface area (Å²) in [4.78, 5) is 0. The van der Waals surface area contributed by atoms with E-state index in [0.717, 1.165) is 0 Å². The van der Waals surface area contributed by atoms with Gasteiger partial charge in [-0.25, -0.2) is 0 Å². The van der Waals surface area contributed by atoms with Crippen molar-refractivity contribution in [2.24, 2.45) is 5.41 Å². The molecule has 0 fully saturated rings. The molecule has 3 nitrogen and oxygen atoms in total. The van der Waals surface area contributed by atoms with E-state index in [4.69, 9.17) is 10.00 Å². The number of para-hydroxylation sites is 2. The quantitative estimate of drug-likeness (QED) is 0.822. The Morgan fingerprint density at radius 1 is 1.40 bits per heavy atom. The van der Waals surface area contributed by atoms with Crippen molar-refractivity contribution < 1.29 is 9.84 Å². The van der Waals surface area contributed by atoms with E-state index >= 15 is 0 Å². The lowest BCUT2D eigenvalue weighted by molar-refractivity contribution is 0.254. The summed E-state index contributed by atoms with van der Waals surface area (Å²) >= 11 is 0. The fourth-order valence-electron chi connectivity index (χ4n) is 1.05. The Labute approximate surface area is 89.9 Å². The molecule has 0 aliphatic heterocycles. The summed E-state index contributed by atoms with van der Waals surface area (Å²) < 4.78 is 5.37. The van der Waals surface area contributed by atoms with Crippen LogP contribution in [0.3, 0.4) is 0 Å². The molecule has 15 heavy (non-hydrogen) atoms. The number of hydrogen-bond acceptors (Lipinski definition) is 3. The molecule has 0 atom stereocenters. The van der Waals surface area contributed by atoms with Gasteiger partial charge in [-0.05, 0) is 32.4 Å². The van der Waals surface area contributed by atoms with E-state index in [1.807, 2.05) is 13.8 Å². The molecule has 0 aromatic heterocycles. The van der Waals surface area contributed by atoms with E-state index in [1.54, 1.807) is 24.3 Å². The number of nitriles is 1. The van der Waals surface area contributed by atoms with Crippen LogP contribution >= 0.6 is 0 Å².